The highest BCUT2D eigenvalue weighted by Crippen LogP contribution is 2.35. The molecule has 2 atom stereocenters. The third-order valence-corrected chi connectivity index (χ3v) is 7.71. The number of nitriles is 1. The largest absolute Gasteiger partial charge is 0.462 e. The molecule has 2 aliphatic rings. The van der Waals surface area contributed by atoms with E-state index in [-0.39, 0.29) is 29.3 Å². The first-order chi connectivity index (χ1) is 19.0. The molecule has 2 aliphatic heterocycles. The molecule has 2 fully saturated rings. The Balaban J connectivity index is 1.46. The van der Waals surface area contributed by atoms with Crippen molar-refractivity contribution >= 4 is 27.5 Å². The van der Waals surface area contributed by atoms with Gasteiger partial charge in [0.15, 0.2) is 5.82 Å². The Morgan fingerprint density at radius 2 is 2.05 bits per heavy atom. The maximum Gasteiger partial charge on any atom is 0.319 e. The smallest absolute Gasteiger partial charge is 0.319 e. The number of rotatable bonds is 6. The van der Waals surface area contributed by atoms with Crippen molar-refractivity contribution in [3.63, 3.8) is 0 Å². The minimum atomic E-state index is -0.612. The van der Waals surface area contributed by atoms with E-state index in [1.165, 1.54) is 12.1 Å². The van der Waals surface area contributed by atoms with E-state index < -0.39 is 11.6 Å². The zero-order valence-corrected chi connectivity index (χ0v) is 21.7. The molecule has 0 saturated carbocycles. The van der Waals surface area contributed by atoms with Crippen LogP contribution in [0.3, 0.4) is 0 Å². The Kier molecular flexibility index (Phi) is 6.94. The summed E-state index contributed by atoms with van der Waals surface area (Å²) < 4.78 is 36.5. The fourth-order valence-corrected chi connectivity index (χ4v) is 5.59. The predicted molar refractivity (Wildman–Crippen MR) is 146 cm³/mol. The third-order valence-electron chi connectivity index (χ3n) is 7.71. The number of fused-ring (bicyclic) bond motifs is 2. The number of halogens is 2. The van der Waals surface area contributed by atoms with Crippen LogP contribution in [0.4, 0.5) is 14.6 Å². The number of nitrogens with zero attached hydrogens (tertiary/aromatic N) is 6. The number of hydrogen-bond donors (Lipinski definition) is 1. The van der Waals surface area contributed by atoms with E-state index in [0.29, 0.717) is 54.8 Å². The van der Waals surface area contributed by atoms with Crippen LogP contribution in [-0.4, -0.2) is 71.8 Å². The zero-order chi connectivity index (χ0) is 26.9. The van der Waals surface area contributed by atoms with Crippen molar-refractivity contribution in [2.45, 2.75) is 31.3 Å². The van der Waals surface area contributed by atoms with Crippen molar-refractivity contribution in [3.8, 4) is 23.3 Å². The average molecular weight is 530 g/mol. The monoisotopic (exact) mass is 529 g/mol. The van der Waals surface area contributed by atoms with Gasteiger partial charge in [-0.25, -0.2) is 8.78 Å². The van der Waals surface area contributed by atoms with Gasteiger partial charge in [0.2, 0.25) is 0 Å². The van der Waals surface area contributed by atoms with Crippen molar-refractivity contribution in [3.05, 3.63) is 54.2 Å². The third kappa shape index (κ3) is 4.95. The number of pyridine rings is 1. The lowest BCUT2D eigenvalue weighted by atomic mass is 10.0. The van der Waals surface area contributed by atoms with Crippen LogP contribution in [0.1, 0.15) is 19.3 Å². The summed E-state index contributed by atoms with van der Waals surface area (Å²) in [6, 6.07) is 12.4. The molecule has 0 aliphatic carbocycles. The van der Waals surface area contributed by atoms with E-state index in [4.69, 9.17) is 9.72 Å². The fourth-order valence-electron chi connectivity index (χ4n) is 5.59. The molecule has 6 rings (SSSR count). The number of anilines is 1. The van der Waals surface area contributed by atoms with E-state index in [2.05, 4.69) is 33.3 Å². The lowest BCUT2D eigenvalue weighted by molar-refractivity contribution is 0.188. The van der Waals surface area contributed by atoms with Crippen molar-refractivity contribution < 1.29 is 13.5 Å². The highest BCUT2D eigenvalue weighted by molar-refractivity contribution is 5.99. The number of likely N-dealkylation sites (N-methyl/N-ethyl adjacent to an activating group) is 1. The number of piperazine rings is 1. The van der Waals surface area contributed by atoms with Gasteiger partial charge in [0, 0.05) is 43.5 Å². The Labute approximate surface area is 225 Å². The minimum absolute atomic E-state index is 0.0343. The fraction of sp³-hybridized carbons (Fsp3) is 0.379. The predicted octanol–water partition coefficient (Wildman–Crippen LogP) is 4.29. The molecule has 8 nitrogen and oxygen atoms in total. The summed E-state index contributed by atoms with van der Waals surface area (Å²) in [6.45, 7) is 3.24. The van der Waals surface area contributed by atoms with Gasteiger partial charge in [-0.05, 0) is 49.3 Å². The van der Waals surface area contributed by atoms with Crippen LogP contribution in [-0.2, 0) is 0 Å². The van der Waals surface area contributed by atoms with Gasteiger partial charge in [0.25, 0.3) is 0 Å². The molecule has 2 aromatic heterocycles. The summed E-state index contributed by atoms with van der Waals surface area (Å²) in [4.78, 5) is 18.0. The molecule has 1 N–H and O–H groups in total. The molecule has 1 unspecified atom stereocenters. The maximum atomic E-state index is 16.3. The van der Waals surface area contributed by atoms with Crippen LogP contribution < -0.4 is 15.0 Å². The van der Waals surface area contributed by atoms with E-state index in [1.54, 1.807) is 24.4 Å². The average Bonchev–Trinajstić information content (AvgIpc) is 3.36. The summed E-state index contributed by atoms with van der Waals surface area (Å²) in [5.74, 6) is -0.487. The molecule has 39 heavy (non-hydrogen) atoms. The number of benzene rings is 2. The molecule has 200 valence electrons. The van der Waals surface area contributed by atoms with E-state index in [9.17, 15) is 9.65 Å². The van der Waals surface area contributed by atoms with Crippen molar-refractivity contribution in [2.75, 3.05) is 44.7 Å². The maximum absolute atomic E-state index is 16.3. The van der Waals surface area contributed by atoms with Gasteiger partial charge >= 0.3 is 6.01 Å². The van der Waals surface area contributed by atoms with E-state index >= 15 is 4.39 Å². The minimum Gasteiger partial charge on any atom is -0.462 e. The highest BCUT2D eigenvalue weighted by Gasteiger charge is 2.27. The molecular weight excluding hydrogens is 500 g/mol. The molecule has 0 amide bonds. The van der Waals surface area contributed by atoms with Crippen molar-refractivity contribution in [1.82, 2.24) is 25.2 Å². The van der Waals surface area contributed by atoms with Crippen LogP contribution in [0.5, 0.6) is 6.01 Å². The van der Waals surface area contributed by atoms with Crippen molar-refractivity contribution in [1.29, 1.82) is 5.26 Å². The van der Waals surface area contributed by atoms with E-state index in [1.807, 2.05) is 11.0 Å². The Morgan fingerprint density at radius 3 is 2.87 bits per heavy atom. The van der Waals surface area contributed by atoms with Crippen molar-refractivity contribution in [2.24, 2.45) is 0 Å². The summed E-state index contributed by atoms with van der Waals surface area (Å²) in [5, 5.41) is 14.4. The van der Waals surface area contributed by atoms with Crippen LogP contribution in [0.15, 0.2) is 42.6 Å². The highest BCUT2D eigenvalue weighted by atomic mass is 19.1. The lowest BCUT2D eigenvalue weighted by Crippen LogP contribution is -2.51. The van der Waals surface area contributed by atoms with Gasteiger partial charge in [0.05, 0.1) is 17.9 Å². The van der Waals surface area contributed by atoms with Gasteiger partial charge in [-0.15, -0.1) is 0 Å². The summed E-state index contributed by atoms with van der Waals surface area (Å²) in [5.41, 5.74) is 0.675. The van der Waals surface area contributed by atoms with Crippen LogP contribution in [0.2, 0.25) is 0 Å². The second-order valence-electron chi connectivity index (χ2n) is 10.2. The molecule has 4 heterocycles. The first-order valence-corrected chi connectivity index (χ1v) is 13.2. The quantitative estimate of drug-likeness (QED) is 0.396. The molecule has 0 spiro atoms. The number of hydrogen-bond acceptors (Lipinski definition) is 8. The Morgan fingerprint density at radius 1 is 1.15 bits per heavy atom. The number of ether oxygens (including phenoxy) is 1. The van der Waals surface area contributed by atoms with Crippen LogP contribution >= 0.6 is 0 Å². The van der Waals surface area contributed by atoms with Gasteiger partial charge in [0.1, 0.15) is 29.5 Å². The second-order valence-corrected chi connectivity index (χ2v) is 10.2. The first-order valence-electron chi connectivity index (χ1n) is 13.2. The molecular formula is C29H29F2N7O. The Hall–Kier alpha value is -3.94. The Bertz CT molecular complexity index is 1570. The number of nitrogens with one attached hydrogen (secondary N) is 1. The molecule has 0 bridgehead atoms. The van der Waals surface area contributed by atoms with Crippen LogP contribution in [0.25, 0.3) is 32.9 Å². The lowest BCUT2D eigenvalue weighted by Gasteiger charge is -2.34. The van der Waals surface area contributed by atoms with E-state index in [0.717, 1.165) is 24.8 Å². The van der Waals surface area contributed by atoms with Gasteiger partial charge < -0.3 is 19.9 Å². The summed E-state index contributed by atoms with van der Waals surface area (Å²) >= 11 is 0. The van der Waals surface area contributed by atoms with Gasteiger partial charge in [-0.1, -0.05) is 24.3 Å². The van der Waals surface area contributed by atoms with Gasteiger partial charge in [-0.2, -0.15) is 15.2 Å². The molecule has 4 aromatic rings. The normalized spacial score (nSPS) is 20.0. The number of aromatic nitrogens is 3. The molecule has 0 radical (unpaired) electrons. The standard InChI is InChI=1S/C29H29F2N7O/c1-37-12-3-5-21(37)17-39-29-35-27-24(28(36-29)38-13-11-33-20(16-38)9-10-32)15-34-26(25(27)31)22-6-2-4-18-7-8-19(30)14-23(18)22/h2,4,6-8,14-15,20-21,33H,3,5,9,11-13,16-17H2,1H3/t20-,21?/m0/s1. The first kappa shape index (κ1) is 25.3. The zero-order valence-electron chi connectivity index (χ0n) is 21.7. The molecule has 10 heteroatoms. The molecule has 2 aromatic carbocycles. The topological polar surface area (TPSA) is 90.2 Å². The van der Waals surface area contributed by atoms with Gasteiger partial charge in [-0.3, -0.25) is 4.98 Å². The number of likely N-dealkylation sites (tertiary alicyclic amines) is 1. The van der Waals surface area contributed by atoms with Crippen LogP contribution in [0, 0.1) is 23.0 Å². The summed E-state index contributed by atoms with van der Waals surface area (Å²) in [6.07, 6.45) is 4.05. The second kappa shape index (κ2) is 10.7. The summed E-state index contributed by atoms with van der Waals surface area (Å²) in [7, 11) is 2.06. The molecule has 2 saturated heterocycles. The SMILES string of the molecule is CN1CCCC1COc1nc(N2CCN[C@@H](CC#N)C2)c2cnc(-c3cccc4ccc(F)cc34)c(F)c2n1.